The van der Waals surface area contributed by atoms with Crippen molar-refractivity contribution < 1.29 is 45.8 Å². The van der Waals surface area contributed by atoms with Crippen LogP contribution in [-0.4, -0.2) is 92.1 Å². The molecule has 0 spiro atoms. The van der Waals surface area contributed by atoms with Crippen molar-refractivity contribution in [1.82, 2.24) is 19.8 Å². The molecule has 2 aliphatic rings. The second-order valence-electron chi connectivity index (χ2n) is 13.2. The molecule has 0 aromatic heterocycles. The highest BCUT2D eigenvalue weighted by molar-refractivity contribution is 7.89. The average molecular weight is 759 g/mol. The van der Waals surface area contributed by atoms with Gasteiger partial charge in [-0.25, -0.2) is 13.2 Å². The highest BCUT2D eigenvalue weighted by Crippen LogP contribution is 2.44. The number of aliphatic hydroxyl groups excluding tert-OH is 1. The van der Waals surface area contributed by atoms with Gasteiger partial charge in [0, 0.05) is 26.2 Å². The van der Waals surface area contributed by atoms with E-state index in [9.17, 15) is 36.3 Å². The van der Waals surface area contributed by atoms with Gasteiger partial charge >= 0.3 is 12.3 Å². The minimum absolute atomic E-state index is 0.00704. The number of sulfonamides is 1. The lowest BCUT2D eigenvalue weighted by Crippen LogP contribution is -2.55. The molecule has 5 atom stereocenters. The van der Waals surface area contributed by atoms with Crippen LogP contribution in [0.4, 0.5) is 18.0 Å². The Kier molecular flexibility index (Phi) is 13.2. The maximum Gasteiger partial charge on any atom is 0.410 e. The third-order valence-electron chi connectivity index (χ3n) is 9.62. The number of nitrogens with one attached hydrogen (secondary N) is 2. The van der Waals surface area contributed by atoms with E-state index in [4.69, 9.17) is 9.47 Å². The fourth-order valence-corrected chi connectivity index (χ4v) is 7.98. The Morgan fingerprint density at radius 3 is 2.34 bits per heavy atom. The normalized spacial score (nSPS) is 22.7. The predicted octanol–water partition coefficient (Wildman–Crippen LogP) is 5.04. The number of aliphatic hydroxyl groups is 1. The van der Waals surface area contributed by atoms with Crippen molar-refractivity contribution >= 4 is 22.0 Å². The van der Waals surface area contributed by atoms with Gasteiger partial charge in [-0.15, -0.1) is 0 Å². The SMILES string of the molecule is COc1ccc2c(c1)[C@H]1C[C@@H]2N(C(=O)OCc2ccccc2)CC=CC[C@H](N(C)S(=O)(=O)CCC(F)(F)F)C(=O)N[C@@H](Cc2ccccc2)[C@H](O)CN1. The molecule has 53 heavy (non-hydrogen) atoms. The summed E-state index contributed by atoms with van der Waals surface area (Å²) in [5.41, 5.74) is 3.29. The van der Waals surface area contributed by atoms with E-state index in [2.05, 4.69) is 10.6 Å². The zero-order valence-electron chi connectivity index (χ0n) is 29.5. The third kappa shape index (κ3) is 10.6. The van der Waals surface area contributed by atoms with E-state index in [1.807, 2.05) is 72.8 Å². The number of carbonyl (C=O) groups excluding carboxylic acids is 2. The average Bonchev–Trinajstić information content (AvgIpc) is 3.50. The first-order valence-corrected chi connectivity index (χ1v) is 18.9. The molecule has 1 aliphatic heterocycles. The van der Waals surface area contributed by atoms with Gasteiger partial charge in [-0.05, 0) is 53.6 Å². The highest BCUT2D eigenvalue weighted by Gasteiger charge is 2.40. The van der Waals surface area contributed by atoms with Crippen LogP contribution in [0, 0.1) is 0 Å². The molecule has 0 saturated heterocycles. The molecule has 0 unspecified atom stereocenters. The number of likely N-dealkylation sites (N-methyl/N-ethyl adjacent to an activating group) is 1. The molecule has 2 bridgehead atoms. The van der Waals surface area contributed by atoms with Crippen molar-refractivity contribution in [2.75, 3.05) is 33.0 Å². The number of nitrogens with zero attached hydrogens (tertiary/aromatic N) is 2. The summed E-state index contributed by atoms with van der Waals surface area (Å²) < 4.78 is 77.4. The number of fused-ring (bicyclic) bond motifs is 5. The molecular weight excluding hydrogens is 713 g/mol. The van der Waals surface area contributed by atoms with E-state index in [-0.39, 0.29) is 38.6 Å². The molecule has 3 N–H and O–H groups in total. The summed E-state index contributed by atoms with van der Waals surface area (Å²) in [5, 5.41) is 17.8. The van der Waals surface area contributed by atoms with Gasteiger partial charge in [-0.2, -0.15) is 17.5 Å². The number of halogens is 3. The lowest BCUT2D eigenvalue weighted by molar-refractivity contribution is -0.130. The zero-order chi connectivity index (χ0) is 38.2. The van der Waals surface area contributed by atoms with Crippen LogP contribution in [0.25, 0.3) is 0 Å². The van der Waals surface area contributed by atoms with Gasteiger partial charge in [0.2, 0.25) is 15.9 Å². The predicted molar refractivity (Wildman–Crippen MR) is 192 cm³/mol. The summed E-state index contributed by atoms with van der Waals surface area (Å²) in [6.45, 7) is 0.0170. The lowest BCUT2D eigenvalue weighted by Gasteiger charge is -2.31. The molecule has 2 amide bonds. The van der Waals surface area contributed by atoms with Crippen LogP contribution in [-0.2, 0) is 32.6 Å². The van der Waals surface area contributed by atoms with E-state index in [0.29, 0.717) is 16.5 Å². The standard InChI is InChI=1S/C38H45F3N4O7S/c1-44(53(49,50)20-18-38(39,40)41)33-15-9-10-19-45(37(48)52-25-27-13-7-4-8-14-27)34-23-31(30-22-28(51-2)16-17-29(30)34)42-24-35(46)32(43-36(33)47)21-26-11-5-3-6-12-26/h3-14,16-17,22,31-35,42,46H,15,18-21,23-25H2,1-2H3,(H,43,47)/t31-,32+,33+,34+,35-/m1/s1. The summed E-state index contributed by atoms with van der Waals surface area (Å²) >= 11 is 0. The number of methoxy groups -OCH3 is 1. The first-order chi connectivity index (χ1) is 25.3. The quantitative estimate of drug-likeness (QED) is 0.259. The molecule has 0 saturated carbocycles. The lowest BCUT2D eigenvalue weighted by atomic mass is 9.99. The zero-order valence-corrected chi connectivity index (χ0v) is 30.4. The smallest absolute Gasteiger partial charge is 0.410 e. The van der Waals surface area contributed by atoms with E-state index in [1.165, 1.54) is 6.08 Å². The number of carbonyl (C=O) groups is 2. The van der Waals surface area contributed by atoms with Gasteiger partial charge < -0.3 is 25.2 Å². The Morgan fingerprint density at radius 1 is 1.00 bits per heavy atom. The van der Waals surface area contributed by atoms with Crippen molar-refractivity contribution in [2.24, 2.45) is 0 Å². The third-order valence-corrected chi connectivity index (χ3v) is 11.5. The molecule has 286 valence electrons. The summed E-state index contributed by atoms with van der Waals surface area (Å²) in [5.74, 6) is -1.42. The van der Waals surface area contributed by atoms with Gasteiger partial charge in [0.05, 0.1) is 37.5 Å². The molecule has 0 fully saturated rings. The van der Waals surface area contributed by atoms with E-state index in [1.54, 1.807) is 24.2 Å². The van der Waals surface area contributed by atoms with E-state index >= 15 is 0 Å². The second kappa shape index (κ2) is 17.6. The maximum atomic E-state index is 13.9. The number of amides is 2. The van der Waals surface area contributed by atoms with Gasteiger partial charge in [0.25, 0.3) is 0 Å². The Hall–Kier alpha value is -4.44. The van der Waals surface area contributed by atoms with Crippen LogP contribution >= 0.6 is 0 Å². The van der Waals surface area contributed by atoms with Crippen molar-refractivity contribution in [2.45, 2.75) is 68.7 Å². The van der Waals surface area contributed by atoms with Crippen LogP contribution in [0.15, 0.2) is 91.0 Å². The number of hydrogen-bond acceptors (Lipinski definition) is 8. The number of β-amino-alcohol motifs (C(OH)–C–C–N with tert-alkyl or cyclic N) is 1. The van der Waals surface area contributed by atoms with Crippen LogP contribution in [0.5, 0.6) is 5.75 Å². The van der Waals surface area contributed by atoms with Crippen molar-refractivity contribution in [3.63, 3.8) is 0 Å². The number of alkyl halides is 3. The molecule has 11 nitrogen and oxygen atoms in total. The second-order valence-corrected chi connectivity index (χ2v) is 15.3. The van der Waals surface area contributed by atoms with Crippen LogP contribution < -0.4 is 15.4 Å². The van der Waals surface area contributed by atoms with E-state index < -0.39 is 64.6 Å². The van der Waals surface area contributed by atoms with Crippen LogP contribution in [0.2, 0.25) is 0 Å². The minimum Gasteiger partial charge on any atom is -0.497 e. The van der Waals surface area contributed by atoms with Crippen molar-refractivity contribution in [1.29, 1.82) is 0 Å². The van der Waals surface area contributed by atoms with Gasteiger partial charge in [-0.1, -0.05) is 78.9 Å². The molecule has 15 heteroatoms. The van der Waals surface area contributed by atoms with Crippen molar-refractivity contribution in [3.8, 4) is 5.75 Å². The summed E-state index contributed by atoms with van der Waals surface area (Å²) in [6, 6.07) is 20.6. The summed E-state index contributed by atoms with van der Waals surface area (Å²) in [6.07, 6.45) is -4.60. The molecule has 1 heterocycles. The maximum absolute atomic E-state index is 13.9. The fourth-order valence-electron chi connectivity index (χ4n) is 6.63. The van der Waals surface area contributed by atoms with Gasteiger partial charge in [0.15, 0.2) is 0 Å². The van der Waals surface area contributed by atoms with Gasteiger partial charge in [-0.3, -0.25) is 9.69 Å². The summed E-state index contributed by atoms with van der Waals surface area (Å²) in [4.78, 5) is 29.3. The number of benzene rings is 3. The molecule has 5 rings (SSSR count). The first-order valence-electron chi connectivity index (χ1n) is 17.3. The van der Waals surface area contributed by atoms with Gasteiger partial charge in [0.1, 0.15) is 18.4 Å². The number of rotatable bonds is 9. The summed E-state index contributed by atoms with van der Waals surface area (Å²) in [7, 11) is -1.93. The molecule has 0 radical (unpaired) electrons. The van der Waals surface area contributed by atoms with Crippen molar-refractivity contribution in [3.05, 3.63) is 113 Å². The monoisotopic (exact) mass is 758 g/mol. The fraction of sp³-hybridized carbons (Fsp3) is 0.421. The Morgan fingerprint density at radius 2 is 1.68 bits per heavy atom. The Bertz CT molecular complexity index is 1830. The molecule has 3 aromatic rings. The highest BCUT2D eigenvalue weighted by atomic mass is 32.2. The van der Waals surface area contributed by atoms with Crippen LogP contribution in [0.1, 0.15) is 53.6 Å². The topological polar surface area (TPSA) is 138 Å². The number of hydrogen-bond donors (Lipinski definition) is 3. The largest absolute Gasteiger partial charge is 0.497 e. The van der Waals surface area contributed by atoms with Crippen LogP contribution in [0.3, 0.4) is 0 Å². The molecule has 3 aromatic carbocycles. The molecular formula is C38H45F3N4O7S. The minimum atomic E-state index is -4.72. The number of ether oxygens (including phenoxy) is 2. The Labute approximate surface area is 307 Å². The first kappa shape index (κ1) is 39.8. The Balaban J connectivity index is 1.50. The van der Waals surface area contributed by atoms with E-state index in [0.717, 1.165) is 29.3 Å². The molecule has 1 aliphatic carbocycles.